The fourth-order valence-electron chi connectivity index (χ4n) is 2.02. The highest BCUT2D eigenvalue weighted by Crippen LogP contribution is 2.18. The quantitative estimate of drug-likeness (QED) is 0.840. The van der Waals surface area contributed by atoms with Crippen LogP contribution in [0.15, 0.2) is 12.1 Å². The Morgan fingerprint density at radius 1 is 1.24 bits per heavy atom. The number of hydrogen-bond acceptors (Lipinski definition) is 3. The summed E-state index contributed by atoms with van der Waals surface area (Å²) in [6.45, 7) is 5.60. The largest absolute Gasteiger partial charge is 0.478 e. The normalized spacial score (nSPS) is 13.5. The maximum atomic E-state index is 12.2. The second kappa shape index (κ2) is 7.36. The monoisotopic (exact) mass is 311 g/mol. The van der Waals surface area contributed by atoms with Crippen molar-refractivity contribution in [3.05, 3.63) is 34.4 Å². The molecule has 0 radical (unpaired) electrons. The van der Waals surface area contributed by atoms with Crippen LogP contribution >= 0.6 is 0 Å². The number of amides is 1. The first-order valence-electron chi connectivity index (χ1n) is 6.69. The molecule has 0 aromatic heterocycles. The third kappa shape index (κ3) is 4.39. The van der Waals surface area contributed by atoms with E-state index in [9.17, 15) is 18.9 Å². The average Bonchev–Trinajstić information content (AvgIpc) is 2.40. The molecule has 21 heavy (non-hydrogen) atoms. The molecule has 0 heterocycles. The van der Waals surface area contributed by atoms with Gasteiger partial charge in [0.15, 0.2) is 0 Å². The molecule has 0 bridgehead atoms. The van der Waals surface area contributed by atoms with E-state index in [2.05, 4.69) is 5.32 Å². The molecule has 0 saturated heterocycles. The second-order valence-electron chi connectivity index (χ2n) is 5.11. The number of rotatable bonds is 6. The minimum Gasteiger partial charge on any atom is -0.478 e. The summed E-state index contributed by atoms with van der Waals surface area (Å²) in [6.07, 6.45) is 2.21. The molecule has 1 rings (SSSR count). The van der Waals surface area contributed by atoms with Gasteiger partial charge < -0.3 is 10.4 Å². The Bertz CT molecular complexity index is 583. The van der Waals surface area contributed by atoms with E-state index in [4.69, 9.17) is 0 Å². The number of carboxylic acid groups (broad SMARTS) is 1. The third-order valence-electron chi connectivity index (χ3n) is 3.47. The van der Waals surface area contributed by atoms with Crippen molar-refractivity contribution >= 4 is 22.7 Å². The van der Waals surface area contributed by atoms with Crippen molar-refractivity contribution in [2.45, 2.75) is 32.4 Å². The molecule has 0 aliphatic heterocycles. The summed E-state index contributed by atoms with van der Waals surface area (Å²) >= 11 is 0. The predicted octanol–water partition coefficient (Wildman–Crippen LogP) is 1.89. The van der Waals surface area contributed by atoms with Gasteiger partial charge in [0, 0.05) is 28.9 Å². The molecule has 1 aromatic rings. The van der Waals surface area contributed by atoms with Crippen LogP contribution in [0.5, 0.6) is 0 Å². The molecule has 2 N–H and O–H groups in total. The molecular formula is C15H21NO4S. The van der Waals surface area contributed by atoms with E-state index < -0.39 is 22.7 Å². The van der Waals surface area contributed by atoms with Crippen LogP contribution in [0, 0.1) is 13.8 Å². The van der Waals surface area contributed by atoms with Crippen LogP contribution < -0.4 is 5.32 Å². The van der Waals surface area contributed by atoms with Crippen LogP contribution in [0.3, 0.4) is 0 Å². The Kier molecular flexibility index (Phi) is 6.08. The van der Waals surface area contributed by atoms with E-state index in [1.165, 1.54) is 0 Å². The van der Waals surface area contributed by atoms with Gasteiger partial charge in [0.25, 0.3) is 5.91 Å². The van der Waals surface area contributed by atoms with Gasteiger partial charge in [0.2, 0.25) is 0 Å². The maximum Gasteiger partial charge on any atom is 0.336 e. The topological polar surface area (TPSA) is 83.5 Å². The molecule has 6 heteroatoms. The van der Waals surface area contributed by atoms with E-state index in [0.717, 1.165) is 0 Å². The lowest BCUT2D eigenvalue weighted by molar-refractivity contribution is 0.0690. The zero-order chi connectivity index (χ0) is 16.2. The Morgan fingerprint density at radius 2 is 1.76 bits per heavy atom. The number of carboxylic acids is 1. The van der Waals surface area contributed by atoms with E-state index in [1.54, 1.807) is 32.2 Å². The van der Waals surface area contributed by atoms with Crippen molar-refractivity contribution in [3.8, 4) is 0 Å². The molecule has 2 unspecified atom stereocenters. The van der Waals surface area contributed by atoms with Crippen molar-refractivity contribution in [2.24, 2.45) is 0 Å². The fourth-order valence-corrected chi connectivity index (χ4v) is 2.47. The fraction of sp³-hybridized carbons (Fsp3) is 0.467. The molecule has 0 saturated carbocycles. The van der Waals surface area contributed by atoms with Crippen LogP contribution in [0.4, 0.5) is 0 Å². The Balaban J connectivity index is 2.90. The Labute approximate surface area is 127 Å². The molecule has 0 aliphatic rings. The lowest BCUT2D eigenvalue weighted by Crippen LogP contribution is -2.29. The molecule has 2 atom stereocenters. The smallest absolute Gasteiger partial charge is 0.336 e. The molecule has 116 valence electrons. The number of aryl methyl sites for hydroxylation is 2. The number of benzene rings is 1. The summed E-state index contributed by atoms with van der Waals surface area (Å²) in [5.41, 5.74) is 1.43. The van der Waals surface area contributed by atoms with Crippen molar-refractivity contribution in [1.82, 2.24) is 5.32 Å². The van der Waals surface area contributed by atoms with E-state index in [-0.39, 0.29) is 16.4 Å². The SMILES string of the molecule is Cc1ccc(C)c(C(=O)NCCC(C)S(C)=O)c1C(=O)O. The highest BCUT2D eigenvalue weighted by molar-refractivity contribution is 7.84. The molecular weight excluding hydrogens is 290 g/mol. The van der Waals surface area contributed by atoms with E-state index in [0.29, 0.717) is 24.1 Å². The van der Waals surface area contributed by atoms with Crippen molar-refractivity contribution < 1.29 is 18.9 Å². The van der Waals surface area contributed by atoms with Gasteiger partial charge in [0.1, 0.15) is 0 Å². The summed E-state index contributed by atoms with van der Waals surface area (Å²) in [7, 11) is -0.935. The summed E-state index contributed by atoms with van der Waals surface area (Å²) < 4.78 is 11.3. The summed E-state index contributed by atoms with van der Waals surface area (Å²) in [6, 6.07) is 3.43. The summed E-state index contributed by atoms with van der Waals surface area (Å²) in [4.78, 5) is 23.6. The van der Waals surface area contributed by atoms with Gasteiger partial charge in [-0.05, 0) is 31.4 Å². The lowest BCUT2D eigenvalue weighted by Gasteiger charge is -2.14. The number of carbonyl (C=O) groups is 2. The van der Waals surface area contributed by atoms with Gasteiger partial charge >= 0.3 is 5.97 Å². The highest BCUT2D eigenvalue weighted by Gasteiger charge is 2.21. The number of aromatic carboxylic acids is 1. The zero-order valence-corrected chi connectivity index (χ0v) is 13.5. The lowest BCUT2D eigenvalue weighted by atomic mass is 9.96. The first-order chi connectivity index (χ1) is 9.75. The predicted molar refractivity (Wildman–Crippen MR) is 83.4 cm³/mol. The number of nitrogens with one attached hydrogen (secondary N) is 1. The molecule has 1 amide bonds. The third-order valence-corrected chi connectivity index (χ3v) is 4.83. The van der Waals surface area contributed by atoms with E-state index in [1.807, 2.05) is 6.92 Å². The first-order valence-corrected chi connectivity index (χ1v) is 8.31. The molecule has 0 fully saturated rings. The van der Waals surface area contributed by atoms with Gasteiger partial charge in [-0.15, -0.1) is 0 Å². The van der Waals surface area contributed by atoms with Crippen molar-refractivity contribution in [2.75, 3.05) is 12.8 Å². The number of carbonyl (C=O) groups excluding carboxylic acids is 1. The van der Waals surface area contributed by atoms with Crippen LogP contribution in [0.2, 0.25) is 0 Å². The van der Waals surface area contributed by atoms with E-state index >= 15 is 0 Å². The second-order valence-corrected chi connectivity index (χ2v) is 6.91. The Hall–Kier alpha value is -1.69. The molecule has 1 aromatic carbocycles. The molecule has 0 aliphatic carbocycles. The molecule has 0 spiro atoms. The summed E-state index contributed by atoms with van der Waals surface area (Å²) in [5, 5.41) is 12.0. The first kappa shape index (κ1) is 17.4. The van der Waals surface area contributed by atoms with Crippen LogP contribution in [-0.2, 0) is 10.8 Å². The standard InChI is InChI=1S/C15H21NO4S/c1-9-5-6-10(2)13(15(18)19)12(9)14(17)16-8-7-11(3)21(4)20/h5-6,11H,7-8H2,1-4H3,(H,16,17)(H,18,19). The minimum absolute atomic E-state index is 0.0112. The summed E-state index contributed by atoms with van der Waals surface area (Å²) in [5.74, 6) is -1.51. The number of hydrogen-bond donors (Lipinski definition) is 2. The van der Waals surface area contributed by atoms with Crippen molar-refractivity contribution in [1.29, 1.82) is 0 Å². The molecule has 5 nitrogen and oxygen atoms in total. The Morgan fingerprint density at radius 3 is 2.24 bits per heavy atom. The average molecular weight is 311 g/mol. The van der Waals surface area contributed by atoms with Gasteiger partial charge in [-0.25, -0.2) is 4.79 Å². The highest BCUT2D eigenvalue weighted by atomic mass is 32.2. The van der Waals surface area contributed by atoms with Gasteiger partial charge in [-0.2, -0.15) is 0 Å². The zero-order valence-electron chi connectivity index (χ0n) is 12.7. The van der Waals surface area contributed by atoms with Crippen LogP contribution in [-0.4, -0.2) is 39.2 Å². The van der Waals surface area contributed by atoms with Crippen LogP contribution in [0.1, 0.15) is 45.2 Å². The van der Waals surface area contributed by atoms with Gasteiger partial charge in [-0.1, -0.05) is 19.1 Å². The van der Waals surface area contributed by atoms with Gasteiger partial charge in [-0.3, -0.25) is 9.00 Å². The van der Waals surface area contributed by atoms with Crippen LogP contribution in [0.25, 0.3) is 0 Å². The minimum atomic E-state index is -1.11. The van der Waals surface area contributed by atoms with Gasteiger partial charge in [0.05, 0.1) is 11.1 Å². The van der Waals surface area contributed by atoms with Crippen molar-refractivity contribution in [3.63, 3.8) is 0 Å². The maximum absolute atomic E-state index is 12.2.